The van der Waals surface area contributed by atoms with E-state index in [1.54, 1.807) is 69.7 Å². The van der Waals surface area contributed by atoms with Gasteiger partial charge >= 0.3 is 0 Å². The van der Waals surface area contributed by atoms with Crippen LogP contribution in [-0.4, -0.2) is 42.2 Å². The van der Waals surface area contributed by atoms with Crippen molar-refractivity contribution < 1.29 is 23.9 Å². The van der Waals surface area contributed by atoms with Gasteiger partial charge in [-0.2, -0.15) is 0 Å². The summed E-state index contributed by atoms with van der Waals surface area (Å²) in [6, 6.07) is 35.1. The van der Waals surface area contributed by atoms with E-state index < -0.39 is 17.1 Å². The maximum Gasteiger partial charge on any atom is 0.272 e. The summed E-state index contributed by atoms with van der Waals surface area (Å²) in [6.45, 7) is 1.80. The molecule has 1 unspecified atom stereocenters. The highest BCUT2D eigenvalue weighted by Crippen LogP contribution is 2.34. The Bertz CT molecular complexity index is 2230. The fraction of sp³-hybridized carbons (Fsp3) is 0.100. The molecule has 51 heavy (non-hydrogen) atoms. The topological polar surface area (TPSA) is 119 Å². The lowest BCUT2D eigenvalue weighted by molar-refractivity contribution is -0.115. The summed E-state index contributed by atoms with van der Waals surface area (Å²) in [5.41, 5.74) is 3.34. The van der Waals surface area contributed by atoms with Crippen LogP contribution >= 0.6 is 23.1 Å². The van der Waals surface area contributed by atoms with Crippen molar-refractivity contribution >= 4 is 68.5 Å². The Morgan fingerprint density at radius 1 is 0.804 bits per heavy atom. The summed E-state index contributed by atoms with van der Waals surface area (Å²) in [6.07, 6.45) is 1.68. The third kappa shape index (κ3) is 8.64. The first kappa shape index (κ1) is 34.9. The Labute approximate surface area is 303 Å². The molecule has 9 nitrogen and oxygen atoms in total. The number of aromatic nitrogens is 1. The molecule has 11 heteroatoms. The lowest BCUT2D eigenvalue weighted by atomic mass is 10.0. The average Bonchev–Trinajstić information content (AvgIpc) is 3.63. The number of ether oxygens (including phenoxy) is 2. The summed E-state index contributed by atoms with van der Waals surface area (Å²) < 4.78 is 10.7. The van der Waals surface area contributed by atoms with Gasteiger partial charge in [0.2, 0.25) is 5.91 Å². The van der Waals surface area contributed by atoms with Gasteiger partial charge in [-0.25, -0.2) is 4.98 Å². The van der Waals surface area contributed by atoms with E-state index in [9.17, 15) is 14.4 Å². The van der Waals surface area contributed by atoms with Crippen LogP contribution in [0.15, 0.2) is 131 Å². The average molecular weight is 715 g/mol. The van der Waals surface area contributed by atoms with Gasteiger partial charge in [0.05, 0.1) is 25.2 Å². The lowest BCUT2D eigenvalue weighted by Crippen LogP contribution is -2.30. The second-order valence-electron chi connectivity index (χ2n) is 11.3. The fourth-order valence-electron chi connectivity index (χ4n) is 5.24. The number of hydrogen-bond acceptors (Lipinski definition) is 8. The van der Waals surface area contributed by atoms with E-state index in [1.165, 1.54) is 23.1 Å². The minimum atomic E-state index is -0.491. The van der Waals surface area contributed by atoms with E-state index in [2.05, 4.69) is 20.9 Å². The second-order valence-corrected chi connectivity index (χ2v) is 13.6. The molecule has 0 aliphatic heterocycles. The van der Waals surface area contributed by atoms with E-state index in [4.69, 9.17) is 9.47 Å². The van der Waals surface area contributed by atoms with Crippen molar-refractivity contribution in [3.8, 4) is 22.8 Å². The predicted octanol–water partition coefficient (Wildman–Crippen LogP) is 8.51. The number of rotatable bonds is 12. The van der Waals surface area contributed by atoms with E-state index >= 15 is 0 Å². The number of thiazole rings is 1. The molecule has 0 saturated heterocycles. The van der Waals surface area contributed by atoms with Crippen molar-refractivity contribution in [1.82, 2.24) is 10.3 Å². The van der Waals surface area contributed by atoms with Crippen molar-refractivity contribution in [1.29, 1.82) is 0 Å². The van der Waals surface area contributed by atoms with Crippen molar-refractivity contribution in [3.05, 3.63) is 137 Å². The molecule has 0 spiro atoms. The van der Waals surface area contributed by atoms with E-state index in [0.717, 1.165) is 26.8 Å². The first-order valence-electron chi connectivity index (χ1n) is 15.9. The zero-order chi connectivity index (χ0) is 35.7. The van der Waals surface area contributed by atoms with Gasteiger partial charge in [-0.05, 0) is 77.9 Å². The van der Waals surface area contributed by atoms with E-state index in [0.29, 0.717) is 33.6 Å². The first-order valence-corrected chi connectivity index (χ1v) is 17.7. The Morgan fingerprint density at radius 2 is 1.55 bits per heavy atom. The molecule has 6 rings (SSSR count). The van der Waals surface area contributed by atoms with Crippen molar-refractivity contribution in [2.24, 2.45) is 0 Å². The molecule has 1 aromatic heterocycles. The number of nitrogens with one attached hydrogen (secondary N) is 3. The summed E-state index contributed by atoms with van der Waals surface area (Å²) in [4.78, 5) is 45.5. The lowest BCUT2D eigenvalue weighted by Gasteiger charge is -2.14. The number of carbonyl (C=O) groups excluding carboxylic acids is 3. The third-order valence-corrected chi connectivity index (χ3v) is 9.69. The molecule has 0 saturated carbocycles. The molecule has 3 amide bonds. The first-order chi connectivity index (χ1) is 24.8. The maximum absolute atomic E-state index is 13.8. The maximum atomic E-state index is 13.8. The molecular formula is C40H34N4O5S2. The number of anilines is 2. The van der Waals surface area contributed by atoms with Gasteiger partial charge in [0, 0.05) is 27.1 Å². The number of benzene rings is 5. The van der Waals surface area contributed by atoms with Crippen LogP contribution in [-0.2, 0) is 9.59 Å². The van der Waals surface area contributed by atoms with Crippen LogP contribution in [0.4, 0.5) is 10.8 Å². The Hall–Kier alpha value is -5.91. The molecule has 1 atom stereocenters. The Balaban J connectivity index is 1.15. The Morgan fingerprint density at radius 3 is 2.35 bits per heavy atom. The molecule has 0 radical (unpaired) electrons. The van der Waals surface area contributed by atoms with Crippen molar-refractivity contribution in [2.75, 3.05) is 24.9 Å². The molecule has 256 valence electrons. The van der Waals surface area contributed by atoms with Crippen LogP contribution in [0.2, 0.25) is 0 Å². The number of amides is 3. The summed E-state index contributed by atoms with van der Waals surface area (Å²) >= 11 is 2.67. The minimum Gasteiger partial charge on any atom is -0.493 e. The molecular weight excluding hydrogens is 681 g/mol. The zero-order valence-corrected chi connectivity index (χ0v) is 29.6. The quantitative estimate of drug-likeness (QED) is 0.0859. The molecule has 3 N–H and O–H groups in total. The Kier molecular flexibility index (Phi) is 11.1. The SMILES string of the molecule is COc1ccc(-c2csc(NC(=O)C(C)Sc3cccc(NC(=O)/C(=C\c4cccc5ccccc45)NC(=O)c4ccccc4)c3)n2)cc1OC. The molecule has 0 aliphatic carbocycles. The minimum absolute atomic E-state index is 0.0851. The number of nitrogens with zero attached hydrogens (tertiary/aromatic N) is 1. The summed E-state index contributed by atoms with van der Waals surface area (Å²) in [5.74, 6) is 0.0939. The predicted molar refractivity (Wildman–Crippen MR) is 206 cm³/mol. The standard InChI is InChI=1S/C40H34N4O5S2/c1-25(37(45)44-40-43-34(24-50-40)29-19-20-35(48-2)36(22-29)49-3)51-31-17-10-16-30(23-31)41-39(47)33(42-38(46)27-12-5-4-6-13-27)21-28-15-9-14-26-11-7-8-18-32(26)28/h4-25H,1-3H3,(H,41,47)(H,42,46)(H,43,44,45)/b33-21+. The highest BCUT2D eigenvalue weighted by molar-refractivity contribution is 8.00. The molecule has 0 aliphatic rings. The van der Waals surface area contributed by atoms with Crippen LogP contribution < -0.4 is 25.4 Å². The molecule has 0 fully saturated rings. The molecule has 6 aromatic rings. The molecule has 1 heterocycles. The molecule has 0 bridgehead atoms. The number of methoxy groups -OCH3 is 2. The normalized spacial score (nSPS) is 11.8. The molecule has 5 aromatic carbocycles. The number of hydrogen-bond donors (Lipinski definition) is 3. The van der Waals surface area contributed by atoms with Gasteiger partial charge in [0.1, 0.15) is 5.70 Å². The number of thioether (sulfide) groups is 1. The van der Waals surface area contributed by atoms with E-state index in [1.807, 2.05) is 78.2 Å². The smallest absolute Gasteiger partial charge is 0.272 e. The highest BCUT2D eigenvalue weighted by atomic mass is 32.2. The van der Waals surface area contributed by atoms with Crippen LogP contribution in [0.3, 0.4) is 0 Å². The summed E-state index contributed by atoms with van der Waals surface area (Å²) in [7, 11) is 3.15. The van der Waals surface area contributed by atoms with Crippen LogP contribution in [0.5, 0.6) is 11.5 Å². The number of carbonyl (C=O) groups is 3. The van der Waals surface area contributed by atoms with Gasteiger partial charge in [-0.15, -0.1) is 23.1 Å². The monoisotopic (exact) mass is 714 g/mol. The zero-order valence-electron chi connectivity index (χ0n) is 28.0. The van der Waals surface area contributed by atoms with Gasteiger partial charge in [-0.1, -0.05) is 66.7 Å². The summed E-state index contributed by atoms with van der Waals surface area (Å²) in [5, 5.41) is 12.5. The van der Waals surface area contributed by atoms with Gasteiger partial charge < -0.3 is 25.4 Å². The van der Waals surface area contributed by atoms with Crippen LogP contribution in [0.25, 0.3) is 28.1 Å². The fourth-order valence-corrected chi connectivity index (χ4v) is 6.89. The number of fused-ring (bicyclic) bond motifs is 1. The van der Waals surface area contributed by atoms with Crippen molar-refractivity contribution in [2.45, 2.75) is 17.1 Å². The van der Waals surface area contributed by atoms with Gasteiger partial charge in [-0.3, -0.25) is 14.4 Å². The second kappa shape index (κ2) is 16.2. The van der Waals surface area contributed by atoms with Crippen LogP contribution in [0.1, 0.15) is 22.8 Å². The third-order valence-electron chi connectivity index (χ3n) is 7.84. The van der Waals surface area contributed by atoms with Gasteiger partial charge in [0.15, 0.2) is 16.6 Å². The highest BCUT2D eigenvalue weighted by Gasteiger charge is 2.19. The van der Waals surface area contributed by atoms with Crippen LogP contribution in [0, 0.1) is 0 Å². The van der Waals surface area contributed by atoms with Crippen molar-refractivity contribution in [3.63, 3.8) is 0 Å². The van der Waals surface area contributed by atoms with E-state index in [-0.39, 0.29) is 11.6 Å². The van der Waals surface area contributed by atoms with Gasteiger partial charge in [0.25, 0.3) is 11.8 Å². The largest absolute Gasteiger partial charge is 0.493 e.